The number of nitrogens with two attached hydrogens (primary N) is 1. The van der Waals surface area contributed by atoms with Crippen LogP contribution in [0.4, 0.5) is 23.1 Å². The third kappa shape index (κ3) is 3.69. The molecule has 0 fully saturated rings. The van der Waals surface area contributed by atoms with Crippen molar-refractivity contribution in [3.8, 4) is 0 Å². The molecule has 5 N–H and O–H groups in total. The molecule has 128 valence electrons. The van der Waals surface area contributed by atoms with Gasteiger partial charge in [-0.2, -0.15) is 5.11 Å². The van der Waals surface area contributed by atoms with E-state index >= 15 is 0 Å². The van der Waals surface area contributed by atoms with E-state index in [9.17, 15) is 13.2 Å². The van der Waals surface area contributed by atoms with E-state index in [2.05, 4.69) is 35.1 Å². The van der Waals surface area contributed by atoms with Crippen molar-refractivity contribution in [3.05, 3.63) is 53.1 Å². The Balaban J connectivity index is 1.79. The average molecular weight is 360 g/mol. The molecule has 0 saturated carbocycles. The van der Waals surface area contributed by atoms with Gasteiger partial charge in [0.1, 0.15) is 5.82 Å². The predicted molar refractivity (Wildman–Crippen MR) is 89.3 cm³/mol. The van der Waals surface area contributed by atoms with Crippen LogP contribution < -0.4 is 16.0 Å². The fourth-order valence-electron chi connectivity index (χ4n) is 1.79. The van der Waals surface area contributed by atoms with Crippen LogP contribution in [0.2, 0.25) is 0 Å². The zero-order valence-corrected chi connectivity index (χ0v) is 13.4. The minimum atomic E-state index is -3.83. The Morgan fingerprint density at radius 2 is 1.72 bits per heavy atom. The number of benzene rings is 1. The van der Waals surface area contributed by atoms with Crippen LogP contribution in [0.1, 0.15) is 0 Å². The van der Waals surface area contributed by atoms with E-state index in [-0.39, 0.29) is 22.3 Å². The first-order valence-electron chi connectivity index (χ1n) is 6.83. The van der Waals surface area contributed by atoms with Crippen LogP contribution >= 0.6 is 0 Å². The molecule has 0 atom stereocenters. The number of nitrogens with zero attached hydrogens (tertiary/aromatic N) is 4. The molecule has 11 nitrogen and oxygen atoms in total. The van der Waals surface area contributed by atoms with Gasteiger partial charge >= 0.3 is 0 Å². The average Bonchev–Trinajstić information content (AvgIpc) is 2.92. The zero-order valence-electron chi connectivity index (χ0n) is 12.5. The Morgan fingerprint density at radius 3 is 2.32 bits per heavy atom. The molecule has 1 aromatic carbocycles. The van der Waals surface area contributed by atoms with Gasteiger partial charge < -0.3 is 5.73 Å². The van der Waals surface area contributed by atoms with Gasteiger partial charge in [-0.05, 0) is 30.3 Å². The van der Waals surface area contributed by atoms with Crippen LogP contribution in [-0.4, -0.2) is 28.6 Å². The summed E-state index contributed by atoms with van der Waals surface area (Å²) in [7, 11) is -3.83. The number of anilines is 2. The topological polar surface area (TPSA) is 171 Å². The van der Waals surface area contributed by atoms with Crippen molar-refractivity contribution >= 4 is 33.2 Å². The predicted octanol–water partition coefficient (Wildman–Crippen LogP) is 1.29. The number of H-pyrrole nitrogens is 2. The molecular weight excluding hydrogens is 348 g/mol. The minimum absolute atomic E-state index is 0.00194. The highest BCUT2D eigenvalue weighted by Gasteiger charge is 2.15. The second-order valence-corrected chi connectivity index (χ2v) is 6.40. The quantitative estimate of drug-likeness (QED) is 0.499. The lowest BCUT2D eigenvalue weighted by Crippen LogP contribution is -2.14. The van der Waals surface area contributed by atoms with E-state index in [1.165, 1.54) is 36.7 Å². The number of hydrogen-bond donors (Lipinski definition) is 4. The van der Waals surface area contributed by atoms with Gasteiger partial charge in [-0.25, -0.2) is 23.1 Å². The second kappa shape index (κ2) is 6.52. The van der Waals surface area contributed by atoms with E-state index in [0.717, 1.165) is 0 Å². The summed E-state index contributed by atoms with van der Waals surface area (Å²) in [6.45, 7) is 0. The zero-order chi connectivity index (χ0) is 17.9. The second-order valence-electron chi connectivity index (χ2n) is 4.71. The Kier molecular flexibility index (Phi) is 4.26. The van der Waals surface area contributed by atoms with Gasteiger partial charge in [0.15, 0.2) is 5.69 Å². The molecule has 0 bridgehead atoms. The largest absolute Gasteiger partial charge is 0.382 e. The molecule has 3 aromatic rings. The molecule has 12 heteroatoms. The van der Waals surface area contributed by atoms with Gasteiger partial charge in [-0.1, -0.05) is 0 Å². The highest BCUT2D eigenvalue weighted by Crippen LogP contribution is 2.21. The van der Waals surface area contributed by atoms with Crippen LogP contribution in [0.5, 0.6) is 0 Å². The van der Waals surface area contributed by atoms with Crippen molar-refractivity contribution in [2.24, 2.45) is 10.2 Å². The lowest BCUT2D eigenvalue weighted by molar-refractivity contribution is 0.601. The summed E-state index contributed by atoms with van der Waals surface area (Å²) in [6.07, 6.45) is 2.84. The third-order valence-electron chi connectivity index (χ3n) is 2.98. The normalized spacial score (nSPS) is 11.7. The molecule has 0 saturated heterocycles. The van der Waals surface area contributed by atoms with Gasteiger partial charge in [-0.15, -0.1) is 5.11 Å². The molecular formula is C13H12N8O3S. The first-order valence-corrected chi connectivity index (χ1v) is 8.32. The van der Waals surface area contributed by atoms with Gasteiger partial charge in [0.05, 0.1) is 10.6 Å². The SMILES string of the molecule is Nc1[nH][nH]c(=O)c1N=Nc1ccc(S(=O)(=O)Nc2ncccn2)cc1. The summed E-state index contributed by atoms with van der Waals surface area (Å²) in [5.41, 5.74) is 5.30. The lowest BCUT2D eigenvalue weighted by Gasteiger charge is -2.05. The number of nitrogens with one attached hydrogen (secondary N) is 3. The molecule has 25 heavy (non-hydrogen) atoms. The number of nitrogen functional groups attached to an aromatic ring is 1. The molecule has 2 aromatic heterocycles. The van der Waals surface area contributed by atoms with Crippen LogP contribution in [-0.2, 0) is 10.0 Å². The monoisotopic (exact) mass is 360 g/mol. The number of aromatic nitrogens is 4. The highest BCUT2D eigenvalue weighted by molar-refractivity contribution is 7.92. The van der Waals surface area contributed by atoms with Crippen molar-refractivity contribution in [1.29, 1.82) is 0 Å². The van der Waals surface area contributed by atoms with Crippen molar-refractivity contribution in [2.45, 2.75) is 4.90 Å². The molecule has 2 heterocycles. The number of azo groups is 1. The maximum absolute atomic E-state index is 12.2. The number of sulfonamides is 1. The van der Waals surface area contributed by atoms with Crippen LogP contribution in [0.25, 0.3) is 0 Å². The summed E-state index contributed by atoms with van der Waals surface area (Å²) in [4.78, 5) is 19.0. The Morgan fingerprint density at radius 1 is 1.04 bits per heavy atom. The molecule has 0 unspecified atom stereocenters. The molecule has 0 aliphatic rings. The van der Waals surface area contributed by atoms with Crippen molar-refractivity contribution in [1.82, 2.24) is 20.2 Å². The first-order chi connectivity index (χ1) is 12.0. The maximum Gasteiger partial charge on any atom is 0.293 e. The Labute approximate surface area is 141 Å². The van der Waals surface area contributed by atoms with Crippen molar-refractivity contribution in [3.63, 3.8) is 0 Å². The van der Waals surface area contributed by atoms with Crippen LogP contribution in [0, 0.1) is 0 Å². The first kappa shape index (κ1) is 16.3. The van der Waals surface area contributed by atoms with Crippen LogP contribution in [0.15, 0.2) is 62.6 Å². The molecule has 3 rings (SSSR count). The lowest BCUT2D eigenvalue weighted by atomic mass is 10.3. The molecule has 0 amide bonds. The summed E-state index contributed by atoms with van der Waals surface area (Å²) < 4.78 is 26.7. The van der Waals surface area contributed by atoms with Gasteiger partial charge in [0.25, 0.3) is 15.6 Å². The van der Waals surface area contributed by atoms with Gasteiger partial charge in [-0.3, -0.25) is 15.0 Å². The summed E-state index contributed by atoms with van der Waals surface area (Å²) >= 11 is 0. The highest BCUT2D eigenvalue weighted by atomic mass is 32.2. The molecule has 0 radical (unpaired) electrons. The molecule has 0 aliphatic carbocycles. The number of rotatable bonds is 5. The third-order valence-corrected chi connectivity index (χ3v) is 4.33. The molecule has 0 aliphatic heterocycles. The fraction of sp³-hybridized carbons (Fsp3) is 0. The smallest absolute Gasteiger partial charge is 0.293 e. The van der Waals surface area contributed by atoms with Crippen molar-refractivity contribution < 1.29 is 8.42 Å². The minimum Gasteiger partial charge on any atom is -0.382 e. The van der Waals surface area contributed by atoms with Crippen molar-refractivity contribution in [2.75, 3.05) is 10.5 Å². The molecule has 0 spiro atoms. The van der Waals surface area contributed by atoms with Crippen LogP contribution in [0.3, 0.4) is 0 Å². The van der Waals surface area contributed by atoms with E-state index in [0.29, 0.717) is 5.69 Å². The number of hydrogen-bond acceptors (Lipinski definition) is 8. The number of aromatic amines is 2. The summed E-state index contributed by atoms with van der Waals surface area (Å²) in [5.74, 6) is 0.0217. The Bertz CT molecular complexity index is 1050. The summed E-state index contributed by atoms with van der Waals surface area (Å²) in [5, 5.41) is 12.3. The summed E-state index contributed by atoms with van der Waals surface area (Å²) in [6, 6.07) is 7.11. The van der Waals surface area contributed by atoms with E-state index in [1.54, 1.807) is 6.07 Å². The standard InChI is InChI=1S/C13H12N8O3S/c14-11-10(12(22)20-19-11)18-17-8-2-4-9(5-3-8)25(23,24)21-13-15-6-1-7-16-13/h1-7H,(H,15,16,21)(H4,14,19,20,22). The maximum atomic E-state index is 12.2. The van der Waals surface area contributed by atoms with Gasteiger partial charge in [0.2, 0.25) is 5.95 Å². The Hall–Kier alpha value is -3.54. The van der Waals surface area contributed by atoms with E-state index < -0.39 is 15.6 Å². The van der Waals surface area contributed by atoms with E-state index in [4.69, 9.17) is 5.73 Å². The van der Waals surface area contributed by atoms with Gasteiger partial charge in [0, 0.05) is 12.4 Å². The van der Waals surface area contributed by atoms with E-state index in [1.807, 2.05) is 0 Å². The fourth-order valence-corrected chi connectivity index (χ4v) is 2.75.